The molecule has 1 heterocycles. The van der Waals surface area contributed by atoms with Crippen LogP contribution in [0.3, 0.4) is 0 Å². The number of halogens is 1. The average molecular weight is 245 g/mol. The highest BCUT2D eigenvalue weighted by atomic mass is 35.5. The second-order valence-electron chi connectivity index (χ2n) is 3.73. The number of hydrogen-bond acceptors (Lipinski definition) is 3. The van der Waals surface area contributed by atoms with Gasteiger partial charge in [0.2, 0.25) is 0 Å². The van der Waals surface area contributed by atoms with Crippen molar-refractivity contribution in [3.8, 4) is 11.3 Å². The van der Waals surface area contributed by atoms with Crippen molar-refractivity contribution in [1.82, 2.24) is 5.16 Å². The number of fused-ring (bicyclic) bond motifs is 1. The van der Waals surface area contributed by atoms with Gasteiger partial charge in [0.1, 0.15) is 5.69 Å². The van der Waals surface area contributed by atoms with Gasteiger partial charge in [-0.15, -0.1) is 0 Å². The van der Waals surface area contributed by atoms with Gasteiger partial charge in [-0.1, -0.05) is 41.0 Å². The summed E-state index contributed by atoms with van der Waals surface area (Å²) in [4.78, 5) is 0. The maximum atomic E-state index is 6.14. The third-order valence-electron chi connectivity index (χ3n) is 2.66. The van der Waals surface area contributed by atoms with Crippen LogP contribution in [0.15, 0.2) is 47.0 Å². The van der Waals surface area contributed by atoms with E-state index >= 15 is 0 Å². The van der Waals surface area contributed by atoms with Gasteiger partial charge in [-0.3, -0.25) is 0 Å². The number of nitrogens with two attached hydrogens (primary N) is 1. The molecule has 0 unspecified atom stereocenters. The molecule has 3 nitrogen and oxygen atoms in total. The highest BCUT2D eigenvalue weighted by Crippen LogP contribution is 2.34. The van der Waals surface area contributed by atoms with E-state index in [1.165, 1.54) is 0 Å². The predicted octanol–water partition coefficient (Wildman–Crippen LogP) is 3.73. The van der Waals surface area contributed by atoms with E-state index in [4.69, 9.17) is 21.9 Å². The predicted molar refractivity (Wildman–Crippen MR) is 68.9 cm³/mol. The molecule has 2 N–H and O–H groups in total. The van der Waals surface area contributed by atoms with Gasteiger partial charge in [-0.2, -0.15) is 0 Å². The van der Waals surface area contributed by atoms with Crippen LogP contribution in [-0.2, 0) is 0 Å². The van der Waals surface area contributed by atoms with Crippen molar-refractivity contribution in [1.29, 1.82) is 0 Å². The van der Waals surface area contributed by atoms with Crippen molar-refractivity contribution >= 4 is 28.3 Å². The number of nitrogen functional groups attached to an aromatic ring is 1. The zero-order chi connectivity index (χ0) is 11.8. The molecule has 1 aromatic heterocycles. The fourth-order valence-electron chi connectivity index (χ4n) is 1.83. The van der Waals surface area contributed by atoms with Crippen LogP contribution in [0.4, 0.5) is 5.69 Å². The van der Waals surface area contributed by atoms with Crippen LogP contribution in [0.1, 0.15) is 0 Å². The Morgan fingerprint density at radius 1 is 1.06 bits per heavy atom. The monoisotopic (exact) mass is 244 g/mol. The second-order valence-corrected chi connectivity index (χ2v) is 4.14. The molecule has 4 heteroatoms. The van der Waals surface area contributed by atoms with Crippen LogP contribution < -0.4 is 5.73 Å². The van der Waals surface area contributed by atoms with Crippen molar-refractivity contribution in [2.24, 2.45) is 0 Å². The molecule has 84 valence electrons. The highest BCUT2D eigenvalue weighted by molar-refractivity contribution is 6.33. The SMILES string of the molecule is Nc1cccc2c(-c3ccccc3Cl)noc12. The van der Waals surface area contributed by atoms with Gasteiger partial charge in [-0.25, -0.2) is 0 Å². The largest absolute Gasteiger partial charge is 0.396 e. The molecule has 3 aromatic rings. The normalized spacial score (nSPS) is 10.9. The Morgan fingerprint density at radius 2 is 1.88 bits per heavy atom. The van der Waals surface area contributed by atoms with Gasteiger partial charge < -0.3 is 10.3 Å². The zero-order valence-electron chi connectivity index (χ0n) is 8.85. The quantitative estimate of drug-likeness (QED) is 0.664. The van der Waals surface area contributed by atoms with Crippen molar-refractivity contribution < 1.29 is 4.52 Å². The number of hydrogen-bond donors (Lipinski definition) is 1. The van der Waals surface area contributed by atoms with Gasteiger partial charge in [-0.05, 0) is 18.2 Å². The lowest BCUT2D eigenvalue weighted by Gasteiger charge is -1.99. The third kappa shape index (κ3) is 1.56. The summed E-state index contributed by atoms with van der Waals surface area (Å²) in [7, 11) is 0. The fraction of sp³-hybridized carbons (Fsp3) is 0. The lowest BCUT2D eigenvalue weighted by atomic mass is 10.1. The molecule has 0 fully saturated rings. The van der Waals surface area contributed by atoms with Crippen molar-refractivity contribution in [2.75, 3.05) is 5.73 Å². The van der Waals surface area contributed by atoms with E-state index in [1.807, 2.05) is 36.4 Å². The standard InChI is InChI=1S/C13H9ClN2O/c14-10-6-2-1-4-8(10)12-9-5-3-7-11(15)13(9)17-16-12/h1-7H,15H2. The number of benzene rings is 2. The number of nitrogens with zero attached hydrogens (tertiary/aromatic N) is 1. The first kappa shape index (κ1) is 10.2. The summed E-state index contributed by atoms with van der Waals surface area (Å²) in [6, 6.07) is 13.1. The topological polar surface area (TPSA) is 52.0 Å². The Morgan fingerprint density at radius 3 is 2.71 bits per heavy atom. The Kier molecular flexibility index (Phi) is 2.27. The number of para-hydroxylation sites is 1. The van der Waals surface area contributed by atoms with Gasteiger partial charge >= 0.3 is 0 Å². The van der Waals surface area contributed by atoms with E-state index in [1.54, 1.807) is 6.07 Å². The van der Waals surface area contributed by atoms with E-state index in [0.29, 0.717) is 16.3 Å². The molecule has 0 bridgehead atoms. The first-order valence-electron chi connectivity index (χ1n) is 5.16. The smallest absolute Gasteiger partial charge is 0.190 e. The minimum absolute atomic E-state index is 0.577. The van der Waals surface area contributed by atoms with Crippen molar-refractivity contribution in [2.45, 2.75) is 0 Å². The van der Waals surface area contributed by atoms with E-state index in [-0.39, 0.29) is 0 Å². The van der Waals surface area contributed by atoms with Crippen LogP contribution in [0.25, 0.3) is 22.2 Å². The molecule has 0 atom stereocenters. The summed E-state index contributed by atoms with van der Waals surface area (Å²) >= 11 is 6.14. The maximum absolute atomic E-state index is 6.14. The van der Waals surface area contributed by atoms with Crippen LogP contribution in [-0.4, -0.2) is 5.16 Å². The number of aromatic nitrogens is 1. The summed E-state index contributed by atoms with van der Waals surface area (Å²) in [5.41, 5.74) is 8.56. The van der Waals surface area contributed by atoms with E-state index in [9.17, 15) is 0 Å². The molecule has 3 rings (SSSR count). The molecule has 0 saturated carbocycles. The Hall–Kier alpha value is -2.00. The summed E-state index contributed by atoms with van der Waals surface area (Å²) < 4.78 is 5.26. The van der Waals surface area contributed by atoms with Crippen LogP contribution >= 0.6 is 11.6 Å². The Bertz CT molecular complexity index is 691. The molecular weight excluding hydrogens is 236 g/mol. The van der Waals surface area contributed by atoms with Gasteiger partial charge in [0.05, 0.1) is 16.1 Å². The molecule has 0 aliphatic carbocycles. The maximum Gasteiger partial charge on any atom is 0.190 e. The molecule has 0 aliphatic rings. The first-order valence-corrected chi connectivity index (χ1v) is 5.54. The van der Waals surface area contributed by atoms with Gasteiger partial charge in [0.25, 0.3) is 0 Å². The summed E-state index contributed by atoms with van der Waals surface area (Å²) in [6.07, 6.45) is 0. The van der Waals surface area contributed by atoms with Crippen LogP contribution in [0.2, 0.25) is 5.02 Å². The van der Waals surface area contributed by atoms with Gasteiger partial charge in [0.15, 0.2) is 5.58 Å². The van der Waals surface area contributed by atoms with Crippen LogP contribution in [0.5, 0.6) is 0 Å². The lowest BCUT2D eigenvalue weighted by molar-refractivity contribution is 0.460. The molecule has 0 aliphatic heterocycles. The third-order valence-corrected chi connectivity index (χ3v) is 2.99. The summed E-state index contributed by atoms with van der Waals surface area (Å²) in [6.45, 7) is 0. The summed E-state index contributed by atoms with van der Waals surface area (Å²) in [5.74, 6) is 0. The molecule has 17 heavy (non-hydrogen) atoms. The average Bonchev–Trinajstić information content (AvgIpc) is 2.75. The van der Waals surface area contributed by atoms with Crippen molar-refractivity contribution in [3.05, 3.63) is 47.5 Å². The first-order chi connectivity index (χ1) is 8.27. The minimum atomic E-state index is 0.577. The molecule has 0 amide bonds. The Labute approximate surface area is 103 Å². The second kappa shape index (κ2) is 3.79. The minimum Gasteiger partial charge on any atom is -0.396 e. The fourth-order valence-corrected chi connectivity index (χ4v) is 2.06. The number of anilines is 1. The van der Waals surface area contributed by atoms with E-state index in [2.05, 4.69) is 5.16 Å². The van der Waals surface area contributed by atoms with Crippen LogP contribution in [0, 0.1) is 0 Å². The zero-order valence-corrected chi connectivity index (χ0v) is 9.61. The molecule has 2 aromatic carbocycles. The molecular formula is C13H9ClN2O. The van der Waals surface area contributed by atoms with E-state index < -0.39 is 0 Å². The molecule has 0 saturated heterocycles. The molecule has 0 radical (unpaired) electrons. The lowest BCUT2D eigenvalue weighted by Crippen LogP contribution is -1.84. The molecule has 0 spiro atoms. The summed E-state index contributed by atoms with van der Waals surface area (Å²) in [5, 5.41) is 5.56. The Balaban J connectivity index is 2.33. The highest BCUT2D eigenvalue weighted by Gasteiger charge is 2.13. The van der Waals surface area contributed by atoms with Gasteiger partial charge in [0, 0.05) is 5.56 Å². The van der Waals surface area contributed by atoms with E-state index in [0.717, 1.165) is 16.6 Å². The number of rotatable bonds is 1. The van der Waals surface area contributed by atoms with Crippen molar-refractivity contribution in [3.63, 3.8) is 0 Å².